The van der Waals surface area contributed by atoms with Crippen molar-refractivity contribution in [1.82, 2.24) is 24.1 Å². The van der Waals surface area contributed by atoms with Crippen LogP contribution in [0.25, 0.3) is 22.3 Å². The number of fused-ring (bicyclic) bond motifs is 1. The number of nitrogens with zero attached hydrogens (tertiary/aromatic N) is 6. The summed E-state index contributed by atoms with van der Waals surface area (Å²) in [7, 11) is 1.96. The standard InChI is InChI=1S/C20H24N6S.C2H6/c1-14-5-4-6-15(11-14)17-16-12-21-19(22-18(16)24(2)23-17)25-9-10-26(27-3)20(13-25)7-8-20;1-2/h4-6,11-12H,7-10,13H2,1-3H3;1-2H3. The number of anilines is 1. The van der Waals surface area contributed by atoms with Gasteiger partial charge in [0.25, 0.3) is 0 Å². The number of piperazine rings is 1. The van der Waals surface area contributed by atoms with Crippen molar-refractivity contribution in [3.63, 3.8) is 0 Å². The van der Waals surface area contributed by atoms with E-state index in [4.69, 9.17) is 15.1 Å². The fourth-order valence-electron chi connectivity index (χ4n) is 4.16. The average Bonchev–Trinajstić information content (AvgIpc) is 3.43. The third kappa shape index (κ3) is 3.62. The van der Waals surface area contributed by atoms with E-state index in [9.17, 15) is 0 Å². The minimum Gasteiger partial charge on any atom is -0.338 e. The fourth-order valence-corrected chi connectivity index (χ4v) is 5.05. The third-order valence-corrected chi connectivity index (χ3v) is 6.79. The molecular weight excluding hydrogens is 380 g/mol. The summed E-state index contributed by atoms with van der Waals surface area (Å²) in [6, 6.07) is 8.43. The average molecular weight is 411 g/mol. The predicted molar refractivity (Wildman–Crippen MR) is 122 cm³/mol. The first-order valence-corrected chi connectivity index (χ1v) is 11.6. The molecule has 1 aromatic carbocycles. The topological polar surface area (TPSA) is 50.1 Å². The monoisotopic (exact) mass is 410 g/mol. The number of rotatable bonds is 3. The summed E-state index contributed by atoms with van der Waals surface area (Å²) in [5.41, 5.74) is 4.52. The van der Waals surface area contributed by atoms with Gasteiger partial charge < -0.3 is 4.90 Å². The van der Waals surface area contributed by atoms with Crippen molar-refractivity contribution < 1.29 is 0 Å². The SMILES string of the molecule is CC.CSN1CCN(c2ncc3c(-c4cccc(C)c4)nn(C)c3n2)CC12CC2. The van der Waals surface area contributed by atoms with Crippen molar-refractivity contribution in [1.29, 1.82) is 0 Å². The van der Waals surface area contributed by atoms with Crippen molar-refractivity contribution in [2.75, 3.05) is 30.8 Å². The molecule has 0 amide bonds. The van der Waals surface area contributed by atoms with Gasteiger partial charge in [-0.15, -0.1) is 0 Å². The van der Waals surface area contributed by atoms with Crippen LogP contribution >= 0.6 is 11.9 Å². The van der Waals surface area contributed by atoms with Crippen LogP contribution in [0, 0.1) is 6.92 Å². The Hall–Kier alpha value is -2.12. The maximum absolute atomic E-state index is 4.90. The first-order chi connectivity index (χ1) is 14.1. The van der Waals surface area contributed by atoms with Gasteiger partial charge in [-0.3, -0.25) is 0 Å². The van der Waals surface area contributed by atoms with Crippen LogP contribution in [-0.4, -0.2) is 55.5 Å². The van der Waals surface area contributed by atoms with Gasteiger partial charge >= 0.3 is 0 Å². The normalized spacial score (nSPS) is 18.0. The lowest BCUT2D eigenvalue weighted by Crippen LogP contribution is -2.52. The van der Waals surface area contributed by atoms with E-state index >= 15 is 0 Å². The molecule has 0 atom stereocenters. The quantitative estimate of drug-likeness (QED) is 0.600. The summed E-state index contributed by atoms with van der Waals surface area (Å²) in [6.45, 7) is 9.15. The maximum atomic E-state index is 4.90. The van der Waals surface area contributed by atoms with E-state index in [1.54, 1.807) is 0 Å². The Bertz CT molecular complexity index is 1010. The van der Waals surface area contributed by atoms with Gasteiger partial charge in [0.05, 0.1) is 5.39 Å². The van der Waals surface area contributed by atoms with E-state index in [1.165, 1.54) is 18.4 Å². The Balaban J connectivity index is 0.000000994. The van der Waals surface area contributed by atoms with E-state index in [-0.39, 0.29) is 0 Å². The van der Waals surface area contributed by atoms with Crippen LogP contribution in [0.5, 0.6) is 0 Å². The fraction of sp³-hybridized carbons (Fsp3) is 0.500. The van der Waals surface area contributed by atoms with Crippen molar-refractivity contribution >= 4 is 28.9 Å². The zero-order valence-corrected chi connectivity index (χ0v) is 18.8. The molecule has 6 nitrogen and oxygen atoms in total. The van der Waals surface area contributed by atoms with E-state index in [0.717, 1.165) is 47.9 Å². The summed E-state index contributed by atoms with van der Waals surface area (Å²) in [5.74, 6) is 0.827. The minimum absolute atomic E-state index is 0.329. The first kappa shape index (κ1) is 20.2. The molecule has 0 bridgehead atoms. The van der Waals surface area contributed by atoms with Crippen LogP contribution in [0.1, 0.15) is 32.3 Å². The van der Waals surface area contributed by atoms with Gasteiger partial charge in [0.1, 0.15) is 5.69 Å². The Morgan fingerprint density at radius 1 is 1.14 bits per heavy atom. The molecule has 3 heterocycles. The molecule has 0 N–H and O–H groups in total. The van der Waals surface area contributed by atoms with E-state index in [2.05, 4.69) is 46.7 Å². The van der Waals surface area contributed by atoms with Crippen LogP contribution in [0.2, 0.25) is 0 Å². The predicted octanol–water partition coefficient (Wildman–Crippen LogP) is 4.30. The van der Waals surface area contributed by atoms with Crippen LogP contribution in [0.15, 0.2) is 30.5 Å². The van der Waals surface area contributed by atoms with Gasteiger partial charge in [-0.05, 0) is 32.1 Å². The summed E-state index contributed by atoms with van der Waals surface area (Å²) in [5, 5.41) is 5.75. The molecule has 3 aromatic rings. The van der Waals surface area contributed by atoms with Gasteiger partial charge in [-0.25, -0.2) is 14.0 Å². The van der Waals surface area contributed by atoms with E-state index < -0.39 is 0 Å². The Morgan fingerprint density at radius 3 is 2.62 bits per heavy atom. The number of hydrogen-bond donors (Lipinski definition) is 0. The molecule has 0 radical (unpaired) electrons. The molecule has 154 valence electrons. The zero-order valence-electron chi connectivity index (χ0n) is 18.0. The Labute approximate surface area is 177 Å². The highest BCUT2D eigenvalue weighted by atomic mass is 32.2. The second kappa shape index (κ2) is 7.95. The molecule has 2 aromatic heterocycles. The maximum Gasteiger partial charge on any atom is 0.227 e. The molecule has 1 saturated carbocycles. The van der Waals surface area contributed by atoms with E-state index in [0.29, 0.717) is 5.54 Å². The lowest BCUT2D eigenvalue weighted by Gasteiger charge is -2.40. The first-order valence-electron chi connectivity index (χ1n) is 10.4. The van der Waals surface area contributed by atoms with Crippen molar-refractivity contribution in [2.24, 2.45) is 7.05 Å². The summed E-state index contributed by atoms with van der Waals surface area (Å²) < 4.78 is 4.42. The van der Waals surface area contributed by atoms with Crippen LogP contribution < -0.4 is 4.90 Å². The van der Waals surface area contributed by atoms with Crippen LogP contribution in [0.4, 0.5) is 5.95 Å². The molecule has 1 spiro atoms. The number of aromatic nitrogens is 4. The summed E-state index contributed by atoms with van der Waals surface area (Å²) in [6.07, 6.45) is 6.68. The molecule has 1 saturated heterocycles. The van der Waals surface area contributed by atoms with Gasteiger partial charge in [0.2, 0.25) is 5.95 Å². The molecule has 7 heteroatoms. The van der Waals surface area contributed by atoms with Crippen LogP contribution in [-0.2, 0) is 7.05 Å². The smallest absolute Gasteiger partial charge is 0.227 e. The van der Waals surface area contributed by atoms with Gasteiger partial charge in [0, 0.05) is 44.0 Å². The highest BCUT2D eigenvalue weighted by Gasteiger charge is 2.51. The highest BCUT2D eigenvalue weighted by Crippen LogP contribution is 2.47. The second-order valence-corrected chi connectivity index (χ2v) is 8.49. The zero-order chi connectivity index (χ0) is 20.6. The van der Waals surface area contributed by atoms with Gasteiger partial charge in [-0.1, -0.05) is 49.6 Å². The van der Waals surface area contributed by atoms with Crippen molar-refractivity contribution in [3.8, 4) is 11.3 Å². The van der Waals surface area contributed by atoms with Gasteiger partial charge in [0.15, 0.2) is 5.65 Å². The lowest BCUT2D eigenvalue weighted by atomic mass is 10.1. The molecule has 2 aliphatic rings. The summed E-state index contributed by atoms with van der Waals surface area (Å²) >= 11 is 1.87. The van der Waals surface area contributed by atoms with Gasteiger partial charge in [-0.2, -0.15) is 10.1 Å². The lowest BCUT2D eigenvalue weighted by molar-refractivity contribution is 0.295. The molecule has 1 aliphatic heterocycles. The highest BCUT2D eigenvalue weighted by molar-refractivity contribution is 7.96. The molecule has 5 rings (SSSR count). The molecule has 29 heavy (non-hydrogen) atoms. The molecule has 2 fully saturated rings. The number of hydrogen-bond acceptors (Lipinski definition) is 6. The third-order valence-electron chi connectivity index (χ3n) is 5.78. The molecule has 0 unspecified atom stereocenters. The largest absolute Gasteiger partial charge is 0.338 e. The van der Waals surface area contributed by atoms with Crippen LogP contribution in [0.3, 0.4) is 0 Å². The van der Waals surface area contributed by atoms with Crippen molar-refractivity contribution in [3.05, 3.63) is 36.0 Å². The number of aryl methyl sites for hydroxylation is 2. The van der Waals surface area contributed by atoms with Crippen molar-refractivity contribution in [2.45, 2.75) is 39.2 Å². The van der Waals surface area contributed by atoms with E-state index in [1.807, 2.05) is 43.7 Å². The molecular formula is C22H30N6S. The second-order valence-electron chi connectivity index (χ2n) is 7.68. The number of benzene rings is 1. The Morgan fingerprint density at radius 2 is 1.93 bits per heavy atom. The minimum atomic E-state index is 0.329. The molecule has 1 aliphatic carbocycles. The Kier molecular flexibility index (Phi) is 5.53. The summed E-state index contributed by atoms with van der Waals surface area (Å²) in [4.78, 5) is 12.0.